The number of anilines is 1. The topological polar surface area (TPSA) is 41.3 Å². The molecule has 1 aliphatic carbocycles. The molecule has 18 heavy (non-hydrogen) atoms. The molecule has 3 N–H and O–H groups in total. The summed E-state index contributed by atoms with van der Waals surface area (Å²) < 4.78 is 0. The van der Waals surface area contributed by atoms with Crippen molar-refractivity contribution in [2.45, 2.75) is 19.3 Å². The summed E-state index contributed by atoms with van der Waals surface area (Å²) in [7, 11) is 2.17. The summed E-state index contributed by atoms with van der Waals surface area (Å²) in [6, 6.07) is 6.91. The van der Waals surface area contributed by atoms with Crippen LogP contribution in [-0.4, -0.2) is 20.1 Å². The number of fused-ring (bicyclic) bond motifs is 1. The number of hydrogen-bond donors (Lipinski definition) is 2. The molecule has 3 heteroatoms. The molecule has 0 saturated carbocycles. The van der Waals surface area contributed by atoms with Crippen LogP contribution in [0.15, 0.2) is 30.1 Å². The molecule has 0 saturated heterocycles. The lowest BCUT2D eigenvalue weighted by Gasteiger charge is -2.22. The van der Waals surface area contributed by atoms with Crippen molar-refractivity contribution in [2.75, 3.05) is 25.0 Å². The van der Waals surface area contributed by atoms with Gasteiger partial charge in [-0.3, -0.25) is 0 Å². The van der Waals surface area contributed by atoms with Gasteiger partial charge in [0.25, 0.3) is 0 Å². The van der Waals surface area contributed by atoms with E-state index in [1.807, 2.05) is 0 Å². The van der Waals surface area contributed by atoms with Crippen LogP contribution in [0.2, 0.25) is 0 Å². The van der Waals surface area contributed by atoms with Crippen molar-refractivity contribution in [1.29, 1.82) is 0 Å². The molecule has 2 aliphatic rings. The molecule has 0 spiro atoms. The van der Waals surface area contributed by atoms with Gasteiger partial charge in [-0.1, -0.05) is 6.07 Å². The predicted octanol–water partition coefficient (Wildman–Crippen LogP) is 1.63. The molecule has 0 radical (unpaired) electrons. The fourth-order valence-electron chi connectivity index (χ4n) is 2.99. The summed E-state index contributed by atoms with van der Waals surface area (Å²) in [4.78, 5) is 2.33. The van der Waals surface area contributed by atoms with Crippen LogP contribution in [0, 0.1) is 5.92 Å². The van der Waals surface area contributed by atoms with Gasteiger partial charge in [0.15, 0.2) is 0 Å². The number of aryl methyl sites for hydroxylation is 2. The molecule has 0 fully saturated rings. The summed E-state index contributed by atoms with van der Waals surface area (Å²) in [6.45, 7) is 1.98. The third kappa shape index (κ3) is 2.17. The van der Waals surface area contributed by atoms with Crippen molar-refractivity contribution in [2.24, 2.45) is 11.7 Å². The highest BCUT2D eigenvalue weighted by molar-refractivity contribution is 5.52. The minimum Gasteiger partial charge on any atom is -0.386 e. The zero-order chi connectivity index (χ0) is 12.5. The molecule has 0 unspecified atom stereocenters. The Labute approximate surface area is 109 Å². The van der Waals surface area contributed by atoms with Gasteiger partial charge in [0.1, 0.15) is 0 Å². The van der Waals surface area contributed by atoms with E-state index in [0.717, 1.165) is 18.9 Å². The quantitative estimate of drug-likeness (QED) is 0.848. The van der Waals surface area contributed by atoms with E-state index < -0.39 is 0 Å². The average Bonchev–Trinajstić information content (AvgIpc) is 2.96. The second-order valence-corrected chi connectivity index (χ2v) is 5.45. The molecule has 96 valence electrons. The van der Waals surface area contributed by atoms with Gasteiger partial charge < -0.3 is 16.0 Å². The van der Waals surface area contributed by atoms with Gasteiger partial charge in [0, 0.05) is 31.7 Å². The lowest BCUT2D eigenvalue weighted by molar-refractivity contribution is 0.640. The van der Waals surface area contributed by atoms with Gasteiger partial charge in [-0.05, 0) is 48.6 Å². The molecule has 1 aromatic carbocycles. The van der Waals surface area contributed by atoms with Crippen molar-refractivity contribution in [3.63, 3.8) is 0 Å². The molecule has 3 rings (SSSR count). The van der Waals surface area contributed by atoms with Gasteiger partial charge in [-0.2, -0.15) is 0 Å². The summed E-state index contributed by atoms with van der Waals surface area (Å²) >= 11 is 0. The SMILES string of the molecule is CN(C[C@H]1C=C(N)NC1)c1ccc2c(c1)CCC2. The van der Waals surface area contributed by atoms with Crippen LogP contribution < -0.4 is 16.0 Å². The average molecular weight is 243 g/mol. The lowest BCUT2D eigenvalue weighted by Crippen LogP contribution is -2.27. The monoisotopic (exact) mass is 243 g/mol. The molecule has 1 atom stereocenters. The van der Waals surface area contributed by atoms with Crippen LogP contribution in [0.25, 0.3) is 0 Å². The third-order valence-corrected chi connectivity index (χ3v) is 4.01. The minimum absolute atomic E-state index is 0.517. The minimum atomic E-state index is 0.517. The van der Waals surface area contributed by atoms with E-state index in [0.29, 0.717) is 5.92 Å². The van der Waals surface area contributed by atoms with Crippen LogP contribution in [0.3, 0.4) is 0 Å². The summed E-state index contributed by atoms with van der Waals surface area (Å²) in [5.74, 6) is 1.34. The Morgan fingerprint density at radius 3 is 2.94 bits per heavy atom. The number of rotatable bonds is 3. The molecule has 3 nitrogen and oxygen atoms in total. The molecule has 1 aromatic rings. The molecule has 0 bridgehead atoms. The number of nitrogens with two attached hydrogens (primary N) is 1. The van der Waals surface area contributed by atoms with Gasteiger partial charge in [0.05, 0.1) is 5.82 Å². The van der Waals surface area contributed by atoms with Gasteiger partial charge >= 0.3 is 0 Å². The van der Waals surface area contributed by atoms with Gasteiger partial charge in [-0.25, -0.2) is 0 Å². The van der Waals surface area contributed by atoms with Crippen LogP contribution in [0.5, 0.6) is 0 Å². The maximum Gasteiger partial charge on any atom is 0.0923 e. The summed E-state index contributed by atoms with van der Waals surface area (Å²) in [5.41, 5.74) is 10.2. The maximum atomic E-state index is 5.74. The highest BCUT2D eigenvalue weighted by Gasteiger charge is 2.17. The Kier molecular flexibility index (Phi) is 2.90. The van der Waals surface area contributed by atoms with E-state index in [9.17, 15) is 0 Å². The smallest absolute Gasteiger partial charge is 0.0923 e. The third-order valence-electron chi connectivity index (χ3n) is 4.01. The van der Waals surface area contributed by atoms with Crippen LogP contribution in [0.4, 0.5) is 5.69 Å². The highest BCUT2D eigenvalue weighted by Crippen LogP contribution is 2.26. The van der Waals surface area contributed by atoms with E-state index in [1.165, 1.54) is 24.9 Å². The number of benzene rings is 1. The normalized spacial score (nSPS) is 21.4. The van der Waals surface area contributed by atoms with Crippen LogP contribution in [0.1, 0.15) is 17.5 Å². The molecule has 0 amide bonds. The van der Waals surface area contributed by atoms with E-state index in [1.54, 1.807) is 11.1 Å². The van der Waals surface area contributed by atoms with Crippen LogP contribution in [-0.2, 0) is 12.8 Å². The molecule has 0 aromatic heterocycles. The van der Waals surface area contributed by atoms with Gasteiger partial charge in [0.2, 0.25) is 0 Å². The predicted molar refractivity (Wildman–Crippen MR) is 75.5 cm³/mol. The Morgan fingerprint density at radius 2 is 2.17 bits per heavy atom. The first kappa shape index (κ1) is 11.5. The fourth-order valence-corrected chi connectivity index (χ4v) is 2.99. The van der Waals surface area contributed by atoms with Crippen molar-refractivity contribution in [3.05, 3.63) is 41.2 Å². The molecular formula is C15H21N3. The first-order chi connectivity index (χ1) is 8.72. The second kappa shape index (κ2) is 4.56. The molecular weight excluding hydrogens is 222 g/mol. The number of hydrogen-bond acceptors (Lipinski definition) is 3. The van der Waals surface area contributed by atoms with Crippen LogP contribution >= 0.6 is 0 Å². The zero-order valence-electron chi connectivity index (χ0n) is 10.9. The van der Waals surface area contributed by atoms with Crippen molar-refractivity contribution in [3.8, 4) is 0 Å². The fraction of sp³-hybridized carbons (Fsp3) is 0.467. The Morgan fingerprint density at radius 1 is 1.33 bits per heavy atom. The highest BCUT2D eigenvalue weighted by atomic mass is 15.1. The molecule has 1 aliphatic heterocycles. The summed E-state index contributed by atoms with van der Waals surface area (Å²) in [6.07, 6.45) is 5.94. The van der Waals surface area contributed by atoms with E-state index in [-0.39, 0.29) is 0 Å². The standard InChI is InChI=1S/C15H21N3/c1-18(10-11-7-15(16)17-9-11)14-6-5-12-3-2-4-13(12)8-14/h5-8,11,17H,2-4,9-10,16H2,1H3/t11-/m0/s1. The van der Waals surface area contributed by atoms with Crippen molar-refractivity contribution >= 4 is 5.69 Å². The van der Waals surface area contributed by atoms with Gasteiger partial charge in [-0.15, -0.1) is 0 Å². The summed E-state index contributed by atoms with van der Waals surface area (Å²) in [5, 5.41) is 3.18. The number of nitrogens with one attached hydrogen (secondary N) is 1. The Hall–Kier alpha value is -1.64. The zero-order valence-corrected chi connectivity index (χ0v) is 10.9. The Balaban J connectivity index is 1.70. The molecule has 1 heterocycles. The first-order valence-electron chi connectivity index (χ1n) is 6.76. The second-order valence-electron chi connectivity index (χ2n) is 5.45. The lowest BCUT2D eigenvalue weighted by atomic mass is 10.1. The first-order valence-corrected chi connectivity index (χ1v) is 6.76. The maximum absolute atomic E-state index is 5.74. The van der Waals surface area contributed by atoms with E-state index in [4.69, 9.17) is 5.73 Å². The number of nitrogens with zero attached hydrogens (tertiary/aromatic N) is 1. The van der Waals surface area contributed by atoms with E-state index >= 15 is 0 Å². The van der Waals surface area contributed by atoms with Crippen molar-refractivity contribution < 1.29 is 0 Å². The largest absolute Gasteiger partial charge is 0.386 e. The van der Waals surface area contributed by atoms with E-state index in [2.05, 4.69) is 41.5 Å². The Bertz CT molecular complexity index is 479. The van der Waals surface area contributed by atoms with Crippen molar-refractivity contribution in [1.82, 2.24) is 5.32 Å².